The van der Waals surface area contributed by atoms with Gasteiger partial charge in [0.25, 0.3) is 0 Å². The molecule has 0 aliphatic carbocycles. The molecule has 1 aromatic carbocycles. The minimum Gasteiger partial charge on any atom is -0.445 e. The topological polar surface area (TPSA) is 47.6 Å². The molecule has 0 radical (unpaired) electrons. The van der Waals surface area contributed by atoms with Crippen molar-refractivity contribution in [3.63, 3.8) is 0 Å². The highest BCUT2D eigenvalue weighted by Crippen LogP contribution is 2.07. The van der Waals surface area contributed by atoms with Gasteiger partial charge in [0.05, 0.1) is 18.2 Å². The minimum absolute atomic E-state index is 0.0810. The Morgan fingerprint density at radius 3 is 2.47 bits per heavy atom. The van der Waals surface area contributed by atoms with Gasteiger partial charge >= 0.3 is 6.09 Å². The van der Waals surface area contributed by atoms with Crippen LogP contribution in [-0.2, 0) is 16.1 Å². The Bertz CT molecular complexity index is 384. The second kappa shape index (κ2) is 7.14. The fraction of sp³-hybridized carbons (Fsp3) is 0.533. The standard InChI is InChI=1S/C15H23NO3/c1-12(10-19-15(2,3)4)16-14(17)18-11-13-8-6-5-7-9-13/h5-9,12H,10-11H2,1-4H3,(H,16,17). The molecule has 1 amide bonds. The van der Waals surface area contributed by atoms with Crippen molar-refractivity contribution >= 4 is 6.09 Å². The van der Waals surface area contributed by atoms with Crippen molar-refractivity contribution in [2.75, 3.05) is 6.61 Å². The summed E-state index contributed by atoms with van der Waals surface area (Å²) < 4.78 is 10.7. The summed E-state index contributed by atoms with van der Waals surface area (Å²) in [5.41, 5.74) is 0.764. The second-order valence-electron chi connectivity index (χ2n) is 5.53. The molecule has 1 unspecified atom stereocenters. The number of rotatable bonds is 5. The smallest absolute Gasteiger partial charge is 0.407 e. The Balaban J connectivity index is 2.24. The molecule has 0 aliphatic rings. The average Bonchev–Trinajstić information content (AvgIpc) is 2.34. The van der Waals surface area contributed by atoms with E-state index in [1.54, 1.807) is 0 Å². The predicted molar refractivity (Wildman–Crippen MR) is 74.9 cm³/mol. The van der Waals surface area contributed by atoms with E-state index in [2.05, 4.69) is 5.32 Å². The SMILES string of the molecule is CC(COC(C)(C)C)NC(=O)OCc1ccccc1. The van der Waals surface area contributed by atoms with E-state index in [4.69, 9.17) is 9.47 Å². The molecule has 0 spiro atoms. The van der Waals surface area contributed by atoms with Crippen LogP contribution in [0, 0.1) is 0 Å². The molecule has 1 N–H and O–H groups in total. The van der Waals surface area contributed by atoms with Gasteiger partial charge in [0.1, 0.15) is 6.61 Å². The molecule has 1 atom stereocenters. The first kappa shape index (κ1) is 15.5. The molecule has 4 heteroatoms. The molecule has 19 heavy (non-hydrogen) atoms. The molecule has 0 aliphatic heterocycles. The van der Waals surface area contributed by atoms with Crippen LogP contribution >= 0.6 is 0 Å². The molecule has 0 saturated heterocycles. The number of carbonyl (C=O) groups is 1. The van der Waals surface area contributed by atoms with Crippen molar-refractivity contribution in [3.8, 4) is 0 Å². The third-order valence-corrected chi connectivity index (χ3v) is 2.34. The summed E-state index contributed by atoms with van der Waals surface area (Å²) >= 11 is 0. The monoisotopic (exact) mass is 265 g/mol. The van der Waals surface area contributed by atoms with Crippen molar-refractivity contribution < 1.29 is 14.3 Å². The van der Waals surface area contributed by atoms with Crippen LogP contribution in [0.4, 0.5) is 4.79 Å². The fourth-order valence-corrected chi connectivity index (χ4v) is 1.38. The number of nitrogens with one attached hydrogen (secondary N) is 1. The average molecular weight is 265 g/mol. The summed E-state index contributed by atoms with van der Waals surface area (Å²) in [4.78, 5) is 11.6. The zero-order valence-corrected chi connectivity index (χ0v) is 12.1. The Morgan fingerprint density at radius 2 is 1.89 bits per heavy atom. The van der Waals surface area contributed by atoms with E-state index in [1.165, 1.54) is 0 Å². The van der Waals surface area contributed by atoms with E-state index in [1.807, 2.05) is 58.0 Å². The quantitative estimate of drug-likeness (QED) is 0.889. The summed E-state index contributed by atoms with van der Waals surface area (Å²) in [5, 5.41) is 2.74. The maximum atomic E-state index is 11.6. The number of hydrogen-bond donors (Lipinski definition) is 1. The van der Waals surface area contributed by atoms with Crippen molar-refractivity contribution in [2.24, 2.45) is 0 Å². The maximum Gasteiger partial charge on any atom is 0.407 e. The van der Waals surface area contributed by atoms with Gasteiger partial charge in [-0.15, -0.1) is 0 Å². The normalized spacial score (nSPS) is 12.8. The maximum absolute atomic E-state index is 11.6. The number of carbonyl (C=O) groups excluding carboxylic acids is 1. The van der Waals surface area contributed by atoms with Crippen molar-refractivity contribution in [2.45, 2.75) is 45.9 Å². The highest BCUT2D eigenvalue weighted by atomic mass is 16.5. The second-order valence-corrected chi connectivity index (χ2v) is 5.53. The van der Waals surface area contributed by atoms with E-state index in [0.29, 0.717) is 6.61 Å². The molecule has 1 rings (SSSR count). The van der Waals surface area contributed by atoms with Gasteiger partial charge in [-0.2, -0.15) is 0 Å². The Kier molecular flexibility index (Phi) is 5.83. The fourth-order valence-electron chi connectivity index (χ4n) is 1.38. The molecule has 0 heterocycles. The summed E-state index contributed by atoms with van der Waals surface area (Å²) in [7, 11) is 0. The van der Waals surface area contributed by atoms with Gasteiger partial charge in [0.2, 0.25) is 0 Å². The third kappa shape index (κ3) is 7.47. The van der Waals surface area contributed by atoms with Crippen LogP contribution in [-0.4, -0.2) is 24.3 Å². The summed E-state index contributed by atoms with van der Waals surface area (Å²) in [6.07, 6.45) is -0.422. The van der Waals surface area contributed by atoms with Crippen LogP contribution in [0.5, 0.6) is 0 Å². The van der Waals surface area contributed by atoms with Gasteiger partial charge in [-0.1, -0.05) is 30.3 Å². The van der Waals surface area contributed by atoms with E-state index < -0.39 is 6.09 Å². The largest absolute Gasteiger partial charge is 0.445 e. The number of benzene rings is 1. The lowest BCUT2D eigenvalue weighted by Gasteiger charge is -2.22. The first-order valence-electron chi connectivity index (χ1n) is 6.48. The molecule has 1 aromatic rings. The van der Waals surface area contributed by atoms with Gasteiger partial charge in [0, 0.05) is 0 Å². The predicted octanol–water partition coefficient (Wildman–Crippen LogP) is 3.12. The zero-order chi connectivity index (χ0) is 14.3. The molecule has 4 nitrogen and oxygen atoms in total. The van der Waals surface area contributed by atoms with Crippen LogP contribution in [0.15, 0.2) is 30.3 Å². The van der Waals surface area contributed by atoms with Gasteiger partial charge in [0.15, 0.2) is 0 Å². The molecular formula is C15H23NO3. The van der Waals surface area contributed by atoms with E-state index in [-0.39, 0.29) is 18.2 Å². The van der Waals surface area contributed by atoms with Gasteiger partial charge in [-0.05, 0) is 33.3 Å². The van der Waals surface area contributed by atoms with Crippen molar-refractivity contribution in [3.05, 3.63) is 35.9 Å². The summed E-state index contributed by atoms with van der Waals surface area (Å²) in [6.45, 7) is 8.56. The lowest BCUT2D eigenvalue weighted by molar-refractivity contribution is -0.0124. The Morgan fingerprint density at radius 1 is 1.26 bits per heavy atom. The van der Waals surface area contributed by atoms with Gasteiger partial charge in [-0.3, -0.25) is 0 Å². The number of alkyl carbamates (subject to hydrolysis) is 1. The van der Waals surface area contributed by atoms with Crippen LogP contribution in [0.2, 0.25) is 0 Å². The third-order valence-electron chi connectivity index (χ3n) is 2.34. The van der Waals surface area contributed by atoms with Crippen molar-refractivity contribution in [1.29, 1.82) is 0 Å². The van der Waals surface area contributed by atoms with Gasteiger partial charge < -0.3 is 14.8 Å². The van der Waals surface area contributed by atoms with Crippen LogP contribution in [0.25, 0.3) is 0 Å². The lowest BCUT2D eigenvalue weighted by Crippen LogP contribution is -2.38. The first-order chi connectivity index (χ1) is 8.87. The summed E-state index contributed by atoms with van der Waals surface area (Å²) in [6, 6.07) is 9.50. The Labute approximate surface area is 115 Å². The van der Waals surface area contributed by atoms with Crippen LogP contribution < -0.4 is 5.32 Å². The van der Waals surface area contributed by atoms with Crippen molar-refractivity contribution in [1.82, 2.24) is 5.32 Å². The number of amides is 1. The van der Waals surface area contributed by atoms with Crippen LogP contribution in [0.1, 0.15) is 33.3 Å². The minimum atomic E-state index is -0.422. The summed E-state index contributed by atoms with van der Waals surface area (Å²) in [5.74, 6) is 0. The molecule has 0 aromatic heterocycles. The number of hydrogen-bond acceptors (Lipinski definition) is 3. The van der Waals surface area contributed by atoms with Gasteiger partial charge in [-0.25, -0.2) is 4.79 Å². The highest BCUT2D eigenvalue weighted by Gasteiger charge is 2.14. The van der Waals surface area contributed by atoms with Crippen LogP contribution in [0.3, 0.4) is 0 Å². The molecule has 106 valence electrons. The van der Waals surface area contributed by atoms with E-state index in [0.717, 1.165) is 5.56 Å². The molecule has 0 bridgehead atoms. The molecule has 0 saturated carbocycles. The van der Waals surface area contributed by atoms with E-state index in [9.17, 15) is 4.79 Å². The zero-order valence-electron chi connectivity index (χ0n) is 12.1. The Hall–Kier alpha value is -1.55. The van der Waals surface area contributed by atoms with E-state index >= 15 is 0 Å². The number of ether oxygens (including phenoxy) is 2. The highest BCUT2D eigenvalue weighted by molar-refractivity contribution is 5.67. The molecule has 0 fully saturated rings. The first-order valence-corrected chi connectivity index (χ1v) is 6.48. The lowest BCUT2D eigenvalue weighted by atomic mass is 10.2. The molecular weight excluding hydrogens is 242 g/mol.